The highest BCUT2D eigenvalue weighted by Crippen LogP contribution is 2.37. The van der Waals surface area contributed by atoms with Gasteiger partial charge in [0.1, 0.15) is 0 Å². The molecule has 0 bridgehead atoms. The van der Waals surface area contributed by atoms with Crippen LogP contribution in [0.4, 0.5) is 0 Å². The van der Waals surface area contributed by atoms with Gasteiger partial charge in [-0.2, -0.15) is 0 Å². The van der Waals surface area contributed by atoms with Gasteiger partial charge >= 0.3 is 0 Å². The Kier molecular flexibility index (Phi) is 5.16. The molecule has 0 aliphatic carbocycles. The number of amides is 2. The van der Waals surface area contributed by atoms with Crippen molar-refractivity contribution in [1.82, 2.24) is 4.90 Å². The third-order valence-corrected chi connectivity index (χ3v) is 3.71. The number of carbonyl (C=O) groups excluding carboxylic acids is 2. The van der Waals surface area contributed by atoms with Gasteiger partial charge in [-0.05, 0) is 18.8 Å². The van der Waals surface area contributed by atoms with Gasteiger partial charge in [0.15, 0.2) is 0 Å². The van der Waals surface area contributed by atoms with Crippen LogP contribution in [-0.2, 0) is 9.59 Å². The van der Waals surface area contributed by atoms with Crippen molar-refractivity contribution in [3.63, 3.8) is 0 Å². The van der Waals surface area contributed by atoms with Crippen molar-refractivity contribution in [1.29, 1.82) is 0 Å². The van der Waals surface area contributed by atoms with Crippen molar-refractivity contribution < 1.29 is 9.59 Å². The van der Waals surface area contributed by atoms with E-state index in [1.807, 2.05) is 6.92 Å². The van der Waals surface area contributed by atoms with Crippen LogP contribution < -0.4 is 0 Å². The van der Waals surface area contributed by atoms with E-state index in [9.17, 15) is 9.59 Å². The lowest BCUT2D eigenvalue weighted by Crippen LogP contribution is -2.46. The average Bonchev–Trinajstić information content (AvgIpc) is 2.24. The molecule has 17 heavy (non-hydrogen) atoms. The van der Waals surface area contributed by atoms with E-state index in [1.165, 1.54) is 24.2 Å². The number of rotatable bonds is 6. The smallest absolute Gasteiger partial charge is 0.229 e. The number of piperidine rings is 1. The second-order valence-corrected chi connectivity index (χ2v) is 5.51. The summed E-state index contributed by atoms with van der Waals surface area (Å²) in [5.74, 6) is 0.0310. The summed E-state index contributed by atoms with van der Waals surface area (Å²) in [4.78, 5) is 25.1. The lowest BCUT2D eigenvalue weighted by molar-refractivity contribution is -0.152. The van der Waals surface area contributed by atoms with Gasteiger partial charge in [-0.25, -0.2) is 0 Å². The van der Waals surface area contributed by atoms with Gasteiger partial charge in [-0.1, -0.05) is 39.5 Å². The zero-order valence-corrected chi connectivity index (χ0v) is 11.4. The highest BCUT2D eigenvalue weighted by atomic mass is 16.2. The van der Waals surface area contributed by atoms with Gasteiger partial charge in [-0.15, -0.1) is 0 Å². The molecule has 0 aromatic carbocycles. The topological polar surface area (TPSA) is 37.4 Å². The van der Waals surface area contributed by atoms with Crippen LogP contribution in [0.2, 0.25) is 0 Å². The first-order chi connectivity index (χ1) is 8.02. The molecule has 0 saturated carbocycles. The zero-order chi connectivity index (χ0) is 12.9. The SMILES string of the molecule is CCCCCCC1(C)CC(=O)N(CC)C(=O)C1. The van der Waals surface area contributed by atoms with Gasteiger partial charge in [0, 0.05) is 19.4 Å². The fourth-order valence-electron chi connectivity index (χ4n) is 2.63. The monoisotopic (exact) mass is 239 g/mol. The highest BCUT2D eigenvalue weighted by molar-refractivity contribution is 5.98. The quantitative estimate of drug-likeness (QED) is 0.527. The molecular formula is C14H25NO2. The molecule has 0 radical (unpaired) electrons. The maximum atomic E-state index is 11.8. The Hall–Kier alpha value is -0.860. The largest absolute Gasteiger partial charge is 0.283 e. The van der Waals surface area contributed by atoms with Crippen molar-refractivity contribution in [2.24, 2.45) is 5.41 Å². The molecular weight excluding hydrogens is 214 g/mol. The molecule has 1 fully saturated rings. The van der Waals surface area contributed by atoms with Gasteiger partial charge in [0.25, 0.3) is 0 Å². The molecule has 0 atom stereocenters. The van der Waals surface area contributed by atoms with Crippen LogP contribution in [0.1, 0.15) is 65.7 Å². The first-order valence-electron chi connectivity index (χ1n) is 6.85. The third-order valence-electron chi connectivity index (χ3n) is 3.71. The average molecular weight is 239 g/mol. The number of carbonyl (C=O) groups is 2. The van der Waals surface area contributed by atoms with Gasteiger partial charge in [0.2, 0.25) is 11.8 Å². The van der Waals surface area contributed by atoms with E-state index in [4.69, 9.17) is 0 Å². The Morgan fingerprint density at radius 2 is 1.65 bits per heavy atom. The second-order valence-electron chi connectivity index (χ2n) is 5.51. The van der Waals surface area contributed by atoms with E-state index in [-0.39, 0.29) is 17.2 Å². The van der Waals surface area contributed by atoms with Crippen molar-refractivity contribution in [3.05, 3.63) is 0 Å². The minimum atomic E-state index is -0.0897. The summed E-state index contributed by atoms with van der Waals surface area (Å²) in [7, 11) is 0. The maximum Gasteiger partial charge on any atom is 0.229 e. The molecule has 1 heterocycles. The molecule has 3 nitrogen and oxygen atoms in total. The van der Waals surface area contributed by atoms with Crippen LogP contribution >= 0.6 is 0 Å². The van der Waals surface area contributed by atoms with Crippen LogP contribution in [0.25, 0.3) is 0 Å². The van der Waals surface area contributed by atoms with Crippen molar-refractivity contribution >= 4 is 11.8 Å². The van der Waals surface area contributed by atoms with Crippen molar-refractivity contribution in [2.75, 3.05) is 6.54 Å². The summed E-state index contributed by atoms with van der Waals surface area (Å²) in [6.45, 7) is 6.65. The maximum absolute atomic E-state index is 11.8. The van der Waals surface area contributed by atoms with E-state index in [0.29, 0.717) is 19.4 Å². The summed E-state index contributed by atoms with van der Waals surface area (Å²) < 4.78 is 0. The first-order valence-corrected chi connectivity index (χ1v) is 6.85. The molecule has 0 unspecified atom stereocenters. The number of hydrogen-bond donors (Lipinski definition) is 0. The minimum absolute atomic E-state index is 0.0155. The number of imide groups is 1. The predicted octanol–water partition coefficient (Wildman–Crippen LogP) is 3.13. The number of nitrogens with zero attached hydrogens (tertiary/aromatic N) is 1. The molecule has 1 aliphatic heterocycles. The predicted molar refractivity (Wildman–Crippen MR) is 68.5 cm³/mol. The van der Waals surface area contributed by atoms with Crippen LogP contribution in [0, 0.1) is 5.41 Å². The van der Waals surface area contributed by atoms with E-state index in [1.54, 1.807) is 0 Å². The van der Waals surface area contributed by atoms with Crippen molar-refractivity contribution in [2.45, 2.75) is 65.7 Å². The van der Waals surface area contributed by atoms with Gasteiger partial charge in [0.05, 0.1) is 0 Å². The second kappa shape index (κ2) is 6.18. The summed E-state index contributed by atoms with van der Waals surface area (Å²) >= 11 is 0. The number of likely N-dealkylation sites (tertiary alicyclic amines) is 1. The molecule has 0 spiro atoms. The lowest BCUT2D eigenvalue weighted by Gasteiger charge is -2.37. The molecule has 0 N–H and O–H groups in total. The molecule has 98 valence electrons. The Morgan fingerprint density at radius 1 is 1.06 bits per heavy atom. The van der Waals surface area contributed by atoms with E-state index < -0.39 is 0 Å². The van der Waals surface area contributed by atoms with E-state index >= 15 is 0 Å². The molecule has 0 aromatic rings. The molecule has 0 aromatic heterocycles. The lowest BCUT2D eigenvalue weighted by atomic mass is 9.75. The summed E-state index contributed by atoms with van der Waals surface area (Å²) in [6.07, 6.45) is 6.90. The highest BCUT2D eigenvalue weighted by Gasteiger charge is 2.39. The Labute approximate surface area is 105 Å². The Balaban J connectivity index is 2.49. The van der Waals surface area contributed by atoms with Crippen LogP contribution in [0.3, 0.4) is 0 Å². The summed E-state index contributed by atoms with van der Waals surface area (Å²) in [5, 5.41) is 0. The minimum Gasteiger partial charge on any atom is -0.283 e. The van der Waals surface area contributed by atoms with Crippen molar-refractivity contribution in [3.8, 4) is 0 Å². The van der Waals surface area contributed by atoms with E-state index in [2.05, 4.69) is 13.8 Å². The van der Waals surface area contributed by atoms with Crippen LogP contribution in [-0.4, -0.2) is 23.3 Å². The van der Waals surface area contributed by atoms with Crippen LogP contribution in [0.15, 0.2) is 0 Å². The zero-order valence-electron chi connectivity index (χ0n) is 11.4. The Bertz CT molecular complexity index is 268. The van der Waals surface area contributed by atoms with Crippen LogP contribution in [0.5, 0.6) is 0 Å². The first kappa shape index (κ1) is 14.2. The third kappa shape index (κ3) is 3.83. The number of unbranched alkanes of at least 4 members (excludes halogenated alkanes) is 3. The molecule has 1 aliphatic rings. The summed E-state index contributed by atoms with van der Waals surface area (Å²) in [5.41, 5.74) is -0.0897. The van der Waals surface area contributed by atoms with E-state index in [0.717, 1.165) is 12.8 Å². The standard InChI is InChI=1S/C14H25NO2/c1-4-6-7-8-9-14(3)10-12(16)15(5-2)13(17)11-14/h4-11H2,1-3H3. The normalized spacial score (nSPS) is 19.8. The van der Waals surface area contributed by atoms with Gasteiger partial charge < -0.3 is 0 Å². The molecule has 3 heteroatoms. The fraction of sp³-hybridized carbons (Fsp3) is 0.857. The molecule has 1 rings (SSSR count). The Morgan fingerprint density at radius 3 is 2.12 bits per heavy atom. The fourth-order valence-corrected chi connectivity index (χ4v) is 2.63. The van der Waals surface area contributed by atoms with Gasteiger partial charge in [-0.3, -0.25) is 14.5 Å². The molecule has 2 amide bonds. The molecule has 1 saturated heterocycles. The summed E-state index contributed by atoms with van der Waals surface area (Å²) in [6, 6.07) is 0. The number of hydrogen-bond acceptors (Lipinski definition) is 2.